The van der Waals surface area contributed by atoms with Crippen LogP contribution in [0.4, 0.5) is 0 Å². The Kier molecular flexibility index (Phi) is 6.08. The number of ether oxygens (including phenoxy) is 1. The fourth-order valence-corrected chi connectivity index (χ4v) is 3.73. The van der Waals surface area contributed by atoms with E-state index in [9.17, 15) is 0 Å². The van der Waals surface area contributed by atoms with Crippen molar-refractivity contribution in [3.8, 4) is 0 Å². The Balaban J connectivity index is 1.42. The quantitative estimate of drug-likeness (QED) is 0.536. The molecule has 10 heteroatoms. The second kappa shape index (κ2) is 8.89. The van der Waals surface area contributed by atoms with Gasteiger partial charge in [0.05, 0.1) is 12.6 Å². The van der Waals surface area contributed by atoms with E-state index in [1.165, 1.54) is 0 Å². The SMILES string of the molecule is CCc1nc2n(n1)CC(NC(=NCc1nnc(C)n1C)NCC1CCCO1)CC2. The van der Waals surface area contributed by atoms with Crippen molar-refractivity contribution in [2.75, 3.05) is 13.2 Å². The van der Waals surface area contributed by atoms with Crippen LogP contribution in [0, 0.1) is 6.92 Å². The molecule has 29 heavy (non-hydrogen) atoms. The molecule has 0 aliphatic carbocycles. The Morgan fingerprint density at radius 2 is 2.21 bits per heavy atom. The molecule has 1 fully saturated rings. The standard InChI is InChI=1S/C19H31N9O/c1-4-16-23-17-8-7-14(12-28(17)26-16)22-19(20-10-15-6-5-9-29-15)21-11-18-25-24-13(2)27(18)3/h14-15H,4-12H2,1-3H3,(H2,20,21,22). The lowest BCUT2D eigenvalue weighted by Crippen LogP contribution is -2.48. The number of rotatable bonds is 6. The van der Waals surface area contributed by atoms with Gasteiger partial charge in [-0.05, 0) is 26.2 Å². The molecule has 2 unspecified atom stereocenters. The molecule has 2 aliphatic heterocycles. The summed E-state index contributed by atoms with van der Waals surface area (Å²) >= 11 is 0. The second-order valence-electron chi connectivity index (χ2n) is 7.76. The zero-order valence-electron chi connectivity index (χ0n) is 17.6. The number of nitrogens with zero attached hydrogens (tertiary/aromatic N) is 7. The molecule has 0 radical (unpaired) electrons. The first-order chi connectivity index (χ1) is 14.1. The van der Waals surface area contributed by atoms with Gasteiger partial charge in [-0.25, -0.2) is 14.7 Å². The van der Waals surface area contributed by atoms with Gasteiger partial charge in [0.1, 0.15) is 18.2 Å². The first-order valence-electron chi connectivity index (χ1n) is 10.6. The van der Waals surface area contributed by atoms with E-state index in [2.05, 4.69) is 37.8 Å². The molecule has 2 atom stereocenters. The minimum Gasteiger partial charge on any atom is -0.376 e. The van der Waals surface area contributed by atoms with E-state index >= 15 is 0 Å². The number of nitrogens with one attached hydrogen (secondary N) is 2. The van der Waals surface area contributed by atoms with Gasteiger partial charge >= 0.3 is 0 Å². The Hall–Kier alpha value is -2.49. The summed E-state index contributed by atoms with van der Waals surface area (Å²) in [4.78, 5) is 9.37. The molecule has 0 bridgehead atoms. The van der Waals surface area contributed by atoms with Gasteiger partial charge in [0.25, 0.3) is 0 Å². The molecule has 4 rings (SSSR count). The molecule has 2 aromatic heterocycles. The summed E-state index contributed by atoms with van der Waals surface area (Å²) in [6, 6.07) is 0.255. The fourth-order valence-electron chi connectivity index (χ4n) is 3.73. The summed E-state index contributed by atoms with van der Waals surface area (Å²) in [5.74, 6) is 4.51. The van der Waals surface area contributed by atoms with Gasteiger partial charge in [0.15, 0.2) is 17.6 Å². The Morgan fingerprint density at radius 1 is 1.31 bits per heavy atom. The van der Waals surface area contributed by atoms with Crippen LogP contribution in [-0.2, 0) is 37.7 Å². The summed E-state index contributed by atoms with van der Waals surface area (Å²) in [5, 5.41) is 20.0. The summed E-state index contributed by atoms with van der Waals surface area (Å²) in [6.07, 6.45) is 5.26. The Morgan fingerprint density at radius 3 is 2.93 bits per heavy atom. The molecule has 0 spiro atoms. The number of fused-ring (bicyclic) bond motifs is 1. The minimum absolute atomic E-state index is 0.249. The van der Waals surface area contributed by atoms with Gasteiger partial charge in [-0.15, -0.1) is 10.2 Å². The first kappa shape index (κ1) is 19.8. The molecule has 2 N–H and O–H groups in total. The lowest BCUT2D eigenvalue weighted by atomic mass is 10.1. The van der Waals surface area contributed by atoms with Crippen LogP contribution in [0.25, 0.3) is 0 Å². The van der Waals surface area contributed by atoms with Gasteiger partial charge in [0.2, 0.25) is 0 Å². The van der Waals surface area contributed by atoms with Crippen LogP contribution >= 0.6 is 0 Å². The van der Waals surface area contributed by atoms with Gasteiger partial charge < -0.3 is 19.9 Å². The van der Waals surface area contributed by atoms with Crippen molar-refractivity contribution in [2.45, 2.75) is 71.2 Å². The summed E-state index contributed by atoms with van der Waals surface area (Å²) in [6.45, 7) is 6.90. The van der Waals surface area contributed by atoms with Crippen molar-refractivity contribution in [1.29, 1.82) is 0 Å². The molecular formula is C19H31N9O. The molecule has 2 aromatic rings. The van der Waals surface area contributed by atoms with Crippen LogP contribution in [0.2, 0.25) is 0 Å². The molecule has 0 saturated carbocycles. The third-order valence-electron chi connectivity index (χ3n) is 5.64. The third kappa shape index (κ3) is 4.75. The lowest BCUT2D eigenvalue weighted by molar-refractivity contribution is 0.113. The van der Waals surface area contributed by atoms with E-state index in [-0.39, 0.29) is 12.1 Å². The number of hydrogen-bond acceptors (Lipinski definition) is 6. The minimum atomic E-state index is 0.249. The van der Waals surface area contributed by atoms with E-state index < -0.39 is 0 Å². The predicted octanol–water partition coefficient (Wildman–Crippen LogP) is 0.507. The van der Waals surface area contributed by atoms with Crippen molar-refractivity contribution in [2.24, 2.45) is 12.0 Å². The van der Waals surface area contributed by atoms with Gasteiger partial charge in [-0.1, -0.05) is 6.92 Å². The number of aromatic nitrogens is 6. The van der Waals surface area contributed by atoms with E-state index in [1.54, 1.807) is 0 Å². The number of guanidine groups is 1. The Labute approximate surface area is 171 Å². The maximum atomic E-state index is 5.75. The van der Waals surface area contributed by atoms with Crippen LogP contribution in [-0.4, -0.2) is 60.8 Å². The highest BCUT2D eigenvalue weighted by atomic mass is 16.5. The maximum Gasteiger partial charge on any atom is 0.192 e. The highest BCUT2D eigenvalue weighted by Gasteiger charge is 2.23. The van der Waals surface area contributed by atoms with E-state index in [0.29, 0.717) is 6.54 Å². The van der Waals surface area contributed by atoms with Gasteiger partial charge in [-0.2, -0.15) is 5.10 Å². The van der Waals surface area contributed by atoms with E-state index in [1.807, 2.05) is 23.2 Å². The van der Waals surface area contributed by atoms with Crippen LogP contribution in [0.15, 0.2) is 4.99 Å². The van der Waals surface area contributed by atoms with Crippen molar-refractivity contribution in [3.63, 3.8) is 0 Å². The molecule has 0 amide bonds. The molecule has 1 saturated heterocycles. The smallest absolute Gasteiger partial charge is 0.192 e. The van der Waals surface area contributed by atoms with Crippen LogP contribution in [0.1, 0.15) is 49.5 Å². The summed E-state index contributed by atoms with van der Waals surface area (Å²) < 4.78 is 9.75. The molecular weight excluding hydrogens is 370 g/mol. The zero-order chi connectivity index (χ0) is 20.2. The van der Waals surface area contributed by atoms with Gasteiger partial charge in [0, 0.05) is 39.1 Å². The molecule has 4 heterocycles. The molecule has 0 aromatic carbocycles. The van der Waals surface area contributed by atoms with E-state index in [4.69, 9.17) is 9.73 Å². The topological polar surface area (TPSA) is 107 Å². The lowest BCUT2D eigenvalue weighted by Gasteiger charge is -2.26. The molecule has 2 aliphatic rings. The van der Waals surface area contributed by atoms with E-state index in [0.717, 1.165) is 81.1 Å². The van der Waals surface area contributed by atoms with Gasteiger partial charge in [-0.3, -0.25) is 0 Å². The van der Waals surface area contributed by atoms with Crippen molar-refractivity contribution in [3.05, 3.63) is 23.3 Å². The summed E-state index contributed by atoms with van der Waals surface area (Å²) in [7, 11) is 1.96. The third-order valence-corrected chi connectivity index (χ3v) is 5.64. The average molecular weight is 402 g/mol. The molecule has 158 valence electrons. The normalized spacial score (nSPS) is 22.0. The fraction of sp³-hybridized carbons (Fsp3) is 0.737. The average Bonchev–Trinajstić information content (AvgIpc) is 3.45. The number of aryl methyl sites for hydroxylation is 3. The second-order valence-corrected chi connectivity index (χ2v) is 7.76. The van der Waals surface area contributed by atoms with Crippen LogP contribution in [0.5, 0.6) is 0 Å². The maximum absolute atomic E-state index is 5.75. The van der Waals surface area contributed by atoms with Crippen molar-refractivity contribution >= 4 is 5.96 Å². The predicted molar refractivity (Wildman–Crippen MR) is 109 cm³/mol. The highest BCUT2D eigenvalue weighted by molar-refractivity contribution is 5.80. The highest BCUT2D eigenvalue weighted by Crippen LogP contribution is 2.14. The van der Waals surface area contributed by atoms with Crippen molar-refractivity contribution < 1.29 is 4.74 Å². The number of hydrogen-bond donors (Lipinski definition) is 2. The van der Waals surface area contributed by atoms with Crippen molar-refractivity contribution in [1.82, 2.24) is 40.2 Å². The monoisotopic (exact) mass is 401 g/mol. The number of aliphatic imine (C=N–C) groups is 1. The zero-order valence-corrected chi connectivity index (χ0v) is 17.6. The summed E-state index contributed by atoms with van der Waals surface area (Å²) in [5.41, 5.74) is 0. The first-order valence-corrected chi connectivity index (χ1v) is 10.6. The molecule has 10 nitrogen and oxygen atoms in total. The Bertz CT molecular complexity index is 850. The largest absolute Gasteiger partial charge is 0.376 e. The van der Waals surface area contributed by atoms with Crippen LogP contribution < -0.4 is 10.6 Å². The van der Waals surface area contributed by atoms with Crippen LogP contribution in [0.3, 0.4) is 0 Å².